The number of aliphatic carboxylic acids is 1. The summed E-state index contributed by atoms with van der Waals surface area (Å²) in [6.07, 6.45) is 1.17. The number of piperidine rings is 1. The molecule has 2 heterocycles. The Hall–Kier alpha value is -2.81. The summed E-state index contributed by atoms with van der Waals surface area (Å²) in [5.41, 5.74) is 0.0000294. The molecule has 1 aliphatic rings. The Morgan fingerprint density at radius 2 is 2.04 bits per heavy atom. The van der Waals surface area contributed by atoms with Crippen molar-refractivity contribution in [2.45, 2.75) is 19.8 Å². The van der Waals surface area contributed by atoms with E-state index in [9.17, 15) is 24.8 Å². The summed E-state index contributed by atoms with van der Waals surface area (Å²) in [4.78, 5) is 40.2. The van der Waals surface area contributed by atoms with Crippen molar-refractivity contribution in [3.63, 3.8) is 0 Å². The quantitative estimate of drug-likeness (QED) is 0.649. The van der Waals surface area contributed by atoms with Crippen molar-refractivity contribution in [3.8, 4) is 10.6 Å². The molecular weight excluding hydrogens is 358 g/mol. The smallest absolute Gasteiger partial charge is 0.311 e. The third-order valence-corrected chi connectivity index (χ3v) is 5.44. The second kappa shape index (κ2) is 6.83. The topological polar surface area (TPSA) is 114 Å². The molecule has 1 atom stereocenters. The molecule has 1 unspecified atom stereocenters. The predicted octanol–water partition coefficient (Wildman–Crippen LogP) is 3.05. The number of thiazole rings is 1. The molecule has 136 valence electrons. The Morgan fingerprint density at radius 3 is 2.65 bits per heavy atom. The number of carboxylic acids is 1. The Bertz CT molecular complexity index is 864. The molecule has 1 N–H and O–H groups in total. The number of nitro groups is 1. The van der Waals surface area contributed by atoms with Gasteiger partial charge in [-0.05, 0) is 31.9 Å². The average molecular weight is 375 g/mol. The van der Waals surface area contributed by atoms with Gasteiger partial charge < -0.3 is 10.0 Å². The normalized spacial score (nSPS) is 20.0. The van der Waals surface area contributed by atoms with E-state index in [-0.39, 0.29) is 23.8 Å². The molecule has 2 aromatic rings. The minimum atomic E-state index is -0.939. The minimum Gasteiger partial charge on any atom is -0.481 e. The van der Waals surface area contributed by atoms with Crippen LogP contribution in [0.4, 0.5) is 5.69 Å². The first-order valence-corrected chi connectivity index (χ1v) is 8.91. The number of likely N-dealkylation sites (tertiary alicyclic amines) is 1. The van der Waals surface area contributed by atoms with E-state index in [1.54, 1.807) is 24.4 Å². The summed E-state index contributed by atoms with van der Waals surface area (Å²) in [5.74, 6) is -1.19. The molecule has 9 heteroatoms. The van der Waals surface area contributed by atoms with Crippen LogP contribution in [-0.2, 0) is 4.79 Å². The van der Waals surface area contributed by atoms with E-state index < -0.39 is 16.3 Å². The van der Waals surface area contributed by atoms with Gasteiger partial charge >= 0.3 is 5.97 Å². The second-order valence-electron chi connectivity index (χ2n) is 6.54. The molecule has 1 aromatic carbocycles. The van der Waals surface area contributed by atoms with Crippen LogP contribution >= 0.6 is 11.3 Å². The average Bonchev–Trinajstić information content (AvgIpc) is 3.11. The molecule has 1 aliphatic heterocycles. The Labute approximate surface area is 153 Å². The van der Waals surface area contributed by atoms with Gasteiger partial charge in [0.05, 0.1) is 10.3 Å². The summed E-state index contributed by atoms with van der Waals surface area (Å²) >= 11 is 1.27. The molecule has 1 fully saturated rings. The molecule has 1 aromatic heterocycles. The Morgan fingerprint density at radius 1 is 1.35 bits per heavy atom. The van der Waals surface area contributed by atoms with Crippen LogP contribution < -0.4 is 0 Å². The van der Waals surface area contributed by atoms with Gasteiger partial charge in [-0.3, -0.25) is 19.7 Å². The summed E-state index contributed by atoms with van der Waals surface area (Å²) in [7, 11) is 0. The molecule has 0 aliphatic carbocycles. The van der Waals surface area contributed by atoms with Crippen LogP contribution in [0.1, 0.15) is 30.3 Å². The number of carbonyl (C=O) groups is 2. The lowest BCUT2D eigenvalue weighted by Crippen LogP contribution is -2.48. The summed E-state index contributed by atoms with van der Waals surface area (Å²) in [6, 6.07) is 5.96. The monoisotopic (exact) mass is 375 g/mol. The van der Waals surface area contributed by atoms with Crippen molar-refractivity contribution < 1.29 is 19.6 Å². The van der Waals surface area contributed by atoms with Gasteiger partial charge in [-0.2, -0.15) is 0 Å². The van der Waals surface area contributed by atoms with Gasteiger partial charge in [-0.25, -0.2) is 4.98 Å². The molecular formula is C17H17N3O5S. The zero-order valence-corrected chi connectivity index (χ0v) is 14.9. The fourth-order valence-electron chi connectivity index (χ4n) is 2.98. The number of carbonyl (C=O) groups excluding carboxylic acids is 1. The number of amides is 1. The van der Waals surface area contributed by atoms with Crippen molar-refractivity contribution >= 4 is 28.9 Å². The minimum absolute atomic E-state index is 0.0112. The highest BCUT2D eigenvalue weighted by Gasteiger charge is 2.39. The van der Waals surface area contributed by atoms with E-state index >= 15 is 0 Å². The van der Waals surface area contributed by atoms with Gasteiger partial charge in [0.2, 0.25) is 0 Å². The molecule has 1 amide bonds. The fraction of sp³-hybridized carbons (Fsp3) is 0.353. The highest BCUT2D eigenvalue weighted by atomic mass is 32.1. The van der Waals surface area contributed by atoms with Crippen LogP contribution in [-0.4, -0.2) is 44.9 Å². The molecule has 0 spiro atoms. The number of nitrogens with zero attached hydrogens (tertiary/aromatic N) is 3. The number of carboxylic acid groups (broad SMARTS) is 1. The van der Waals surface area contributed by atoms with Gasteiger partial charge in [-0.1, -0.05) is 0 Å². The first-order valence-electron chi connectivity index (χ1n) is 8.03. The van der Waals surface area contributed by atoms with Gasteiger partial charge in [0, 0.05) is 36.2 Å². The number of aromatic nitrogens is 1. The maximum Gasteiger partial charge on any atom is 0.311 e. The van der Waals surface area contributed by atoms with Gasteiger partial charge in [0.25, 0.3) is 11.6 Å². The SMILES string of the molecule is CC1(C(=O)O)CCCN(C(=O)c2csc(-c3ccc([N+](=O)[O-])cc3)n2)C1. The van der Waals surface area contributed by atoms with Gasteiger partial charge in [0.15, 0.2) is 0 Å². The number of hydrogen-bond acceptors (Lipinski definition) is 6. The fourth-order valence-corrected chi connectivity index (χ4v) is 3.78. The second-order valence-corrected chi connectivity index (χ2v) is 7.40. The summed E-state index contributed by atoms with van der Waals surface area (Å²) < 4.78 is 0. The van der Waals surface area contributed by atoms with Crippen LogP contribution in [0.25, 0.3) is 10.6 Å². The van der Waals surface area contributed by atoms with Crippen molar-refractivity contribution in [1.29, 1.82) is 0 Å². The lowest BCUT2D eigenvalue weighted by Gasteiger charge is -2.37. The van der Waals surface area contributed by atoms with Crippen LogP contribution in [0.3, 0.4) is 0 Å². The molecule has 8 nitrogen and oxygen atoms in total. The highest BCUT2D eigenvalue weighted by Crippen LogP contribution is 2.31. The van der Waals surface area contributed by atoms with Gasteiger partial charge in [-0.15, -0.1) is 11.3 Å². The van der Waals surface area contributed by atoms with Gasteiger partial charge in [0.1, 0.15) is 10.7 Å². The maximum atomic E-state index is 12.7. The number of hydrogen-bond donors (Lipinski definition) is 1. The van der Waals surface area contributed by atoms with Crippen molar-refractivity contribution in [1.82, 2.24) is 9.88 Å². The van der Waals surface area contributed by atoms with E-state index in [0.29, 0.717) is 30.0 Å². The maximum absolute atomic E-state index is 12.7. The highest BCUT2D eigenvalue weighted by molar-refractivity contribution is 7.13. The molecule has 26 heavy (non-hydrogen) atoms. The van der Waals surface area contributed by atoms with E-state index in [2.05, 4.69) is 4.98 Å². The molecule has 0 bridgehead atoms. The number of benzene rings is 1. The van der Waals surface area contributed by atoms with Crippen LogP contribution in [0.2, 0.25) is 0 Å². The van der Waals surface area contributed by atoms with E-state index in [4.69, 9.17) is 0 Å². The van der Waals surface area contributed by atoms with Crippen molar-refractivity contribution in [3.05, 3.63) is 45.5 Å². The molecule has 0 radical (unpaired) electrons. The third-order valence-electron chi connectivity index (χ3n) is 4.55. The van der Waals surface area contributed by atoms with Crippen molar-refractivity contribution in [2.24, 2.45) is 5.41 Å². The number of rotatable bonds is 4. The third kappa shape index (κ3) is 3.43. The first kappa shape index (κ1) is 18.0. The van der Waals surface area contributed by atoms with Crippen LogP contribution in [0.15, 0.2) is 29.6 Å². The molecule has 3 rings (SSSR count). The lowest BCUT2D eigenvalue weighted by atomic mass is 9.82. The lowest BCUT2D eigenvalue weighted by molar-refractivity contribution is -0.384. The van der Waals surface area contributed by atoms with E-state index in [0.717, 1.165) is 0 Å². The first-order chi connectivity index (χ1) is 12.3. The number of nitro benzene ring substituents is 1. The number of non-ortho nitro benzene ring substituents is 1. The molecule has 1 saturated heterocycles. The van der Waals surface area contributed by atoms with Crippen molar-refractivity contribution in [2.75, 3.05) is 13.1 Å². The Balaban J connectivity index is 1.77. The zero-order chi connectivity index (χ0) is 18.9. The standard InChI is InChI=1S/C17H17N3O5S/c1-17(16(22)23)7-2-8-19(10-17)15(21)13-9-26-14(18-13)11-3-5-12(6-4-11)20(24)25/h3-6,9H,2,7-8,10H2,1H3,(H,22,23). The van der Waals surface area contributed by atoms with Crippen LogP contribution in [0.5, 0.6) is 0 Å². The Kier molecular flexibility index (Phi) is 4.73. The largest absolute Gasteiger partial charge is 0.481 e. The van der Waals surface area contributed by atoms with E-state index in [1.165, 1.54) is 28.4 Å². The zero-order valence-electron chi connectivity index (χ0n) is 14.0. The summed E-state index contributed by atoms with van der Waals surface area (Å²) in [6.45, 7) is 2.32. The van der Waals surface area contributed by atoms with Crippen LogP contribution in [0, 0.1) is 15.5 Å². The predicted molar refractivity (Wildman–Crippen MR) is 95.1 cm³/mol. The molecule has 0 saturated carbocycles. The summed E-state index contributed by atoms with van der Waals surface area (Å²) in [5, 5.41) is 22.3. The van der Waals surface area contributed by atoms with E-state index in [1.807, 2.05) is 0 Å².